The van der Waals surface area contributed by atoms with Crippen molar-refractivity contribution in [3.05, 3.63) is 40.4 Å². The lowest BCUT2D eigenvalue weighted by Crippen LogP contribution is -2.34. The third kappa shape index (κ3) is 1.84. The zero-order valence-corrected chi connectivity index (χ0v) is 10.1. The summed E-state index contributed by atoms with van der Waals surface area (Å²) < 4.78 is -1.09. The molecule has 1 aromatic carbocycles. The van der Waals surface area contributed by atoms with Gasteiger partial charge in [-0.3, -0.25) is 4.79 Å². The smallest absolute Gasteiger partial charge is 0.279 e. The van der Waals surface area contributed by atoms with Gasteiger partial charge in [0, 0.05) is 0 Å². The van der Waals surface area contributed by atoms with Crippen LogP contribution < -0.4 is 11.4 Å². The summed E-state index contributed by atoms with van der Waals surface area (Å²) in [6.45, 7) is 0. The van der Waals surface area contributed by atoms with Crippen LogP contribution in [0.25, 0.3) is 10.9 Å². The maximum absolute atomic E-state index is 11.8. The van der Waals surface area contributed by atoms with Gasteiger partial charge in [-0.15, -0.1) is 0 Å². The molecule has 7 heteroatoms. The topological polar surface area (TPSA) is 60.9 Å². The summed E-state index contributed by atoms with van der Waals surface area (Å²) in [6, 6.07) is 6.70. The lowest BCUT2D eigenvalue weighted by molar-refractivity contribution is 0.810. The van der Waals surface area contributed by atoms with Crippen molar-refractivity contribution in [2.75, 3.05) is 5.84 Å². The Hall–Kier alpha value is -0.970. The van der Waals surface area contributed by atoms with E-state index in [1.807, 2.05) is 0 Å². The molecule has 2 rings (SSSR count). The number of halogens is 3. The minimum atomic E-state index is -1.84. The fourth-order valence-electron chi connectivity index (χ4n) is 1.35. The quantitative estimate of drug-likeness (QED) is 0.592. The Morgan fingerprint density at radius 2 is 1.88 bits per heavy atom. The normalized spacial score (nSPS) is 11.9. The lowest BCUT2D eigenvalue weighted by Gasteiger charge is -2.14. The number of nitrogens with two attached hydrogens (primary N) is 1. The van der Waals surface area contributed by atoms with Gasteiger partial charge >= 0.3 is 0 Å². The first-order chi connectivity index (χ1) is 7.41. The highest BCUT2D eigenvalue weighted by molar-refractivity contribution is 6.66. The third-order valence-corrected chi connectivity index (χ3v) is 2.57. The summed E-state index contributed by atoms with van der Waals surface area (Å²) in [5.41, 5.74) is -0.0116. The van der Waals surface area contributed by atoms with Crippen molar-refractivity contribution < 1.29 is 0 Å². The first-order valence-electron chi connectivity index (χ1n) is 4.25. The molecule has 0 aliphatic heterocycles. The van der Waals surface area contributed by atoms with Crippen LogP contribution in [0.2, 0.25) is 0 Å². The van der Waals surface area contributed by atoms with Gasteiger partial charge in [0.25, 0.3) is 5.56 Å². The van der Waals surface area contributed by atoms with Crippen molar-refractivity contribution in [2.24, 2.45) is 0 Å². The van der Waals surface area contributed by atoms with Gasteiger partial charge in [-0.25, -0.2) is 9.66 Å². The predicted molar refractivity (Wildman–Crippen MR) is 65.4 cm³/mol. The second kappa shape index (κ2) is 3.80. The zero-order chi connectivity index (χ0) is 11.9. The highest BCUT2D eigenvalue weighted by Crippen LogP contribution is 2.36. The van der Waals surface area contributed by atoms with Crippen LogP contribution in [-0.2, 0) is 3.79 Å². The monoisotopic (exact) mass is 277 g/mol. The number of hydrogen-bond donors (Lipinski definition) is 1. The third-order valence-electron chi connectivity index (χ3n) is 2.06. The second-order valence-electron chi connectivity index (χ2n) is 3.13. The van der Waals surface area contributed by atoms with E-state index >= 15 is 0 Å². The molecule has 0 aliphatic carbocycles. The summed E-state index contributed by atoms with van der Waals surface area (Å²) >= 11 is 17.0. The van der Waals surface area contributed by atoms with E-state index in [0.717, 1.165) is 4.68 Å². The predicted octanol–water partition coefficient (Wildman–Crippen LogP) is 1.94. The van der Waals surface area contributed by atoms with E-state index in [9.17, 15) is 4.79 Å². The molecule has 1 heterocycles. The summed E-state index contributed by atoms with van der Waals surface area (Å²) in [5.74, 6) is 5.41. The molecule has 16 heavy (non-hydrogen) atoms. The van der Waals surface area contributed by atoms with E-state index in [1.54, 1.807) is 24.3 Å². The van der Waals surface area contributed by atoms with Gasteiger partial charge in [-0.1, -0.05) is 46.9 Å². The van der Waals surface area contributed by atoms with Crippen LogP contribution in [0.1, 0.15) is 5.82 Å². The number of alkyl halides is 3. The minimum Gasteiger partial charge on any atom is -0.335 e. The molecular formula is C9H6Cl3N3O. The Balaban J connectivity index is 2.90. The van der Waals surface area contributed by atoms with Gasteiger partial charge in [-0.2, -0.15) is 0 Å². The molecule has 0 saturated carbocycles. The molecule has 0 atom stereocenters. The van der Waals surface area contributed by atoms with E-state index in [1.165, 1.54) is 0 Å². The Labute approximate surface area is 106 Å². The van der Waals surface area contributed by atoms with Crippen LogP contribution >= 0.6 is 34.8 Å². The number of aromatic nitrogens is 2. The second-order valence-corrected chi connectivity index (χ2v) is 5.41. The molecule has 0 amide bonds. The van der Waals surface area contributed by atoms with E-state index in [0.29, 0.717) is 10.9 Å². The molecule has 0 saturated heterocycles. The van der Waals surface area contributed by atoms with E-state index in [-0.39, 0.29) is 5.82 Å². The van der Waals surface area contributed by atoms with Crippen LogP contribution in [0.4, 0.5) is 0 Å². The molecule has 2 aromatic rings. The maximum Gasteiger partial charge on any atom is 0.279 e. The lowest BCUT2D eigenvalue weighted by atomic mass is 10.2. The Morgan fingerprint density at radius 3 is 2.50 bits per heavy atom. The van der Waals surface area contributed by atoms with E-state index in [4.69, 9.17) is 40.6 Å². The van der Waals surface area contributed by atoms with Crippen molar-refractivity contribution in [1.29, 1.82) is 0 Å². The minimum absolute atomic E-state index is 0.110. The van der Waals surface area contributed by atoms with Crippen molar-refractivity contribution in [3.63, 3.8) is 0 Å². The average molecular weight is 279 g/mol. The molecule has 0 fully saturated rings. The molecule has 0 bridgehead atoms. The average Bonchev–Trinajstić information content (AvgIpc) is 2.22. The molecule has 84 valence electrons. The van der Waals surface area contributed by atoms with Crippen molar-refractivity contribution in [1.82, 2.24) is 9.66 Å². The Morgan fingerprint density at radius 1 is 1.25 bits per heavy atom. The first-order valence-corrected chi connectivity index (χ1v) is 5.38. The fourth-order valence-corrected chi connectivity index (χ4v) is 1.75. The first kappa shape index (κ1) is 11.5. The summed E-state index contributed by atoms with van der Waals surface area (Å²) in [6.07, 6.45) is 0. The van der Waals surface area contributed by atoms with Crippen LogP contribution in [-0.4, -0.2) is 9.66 Å². The summed E-state index contributed by atoms with van der Waals surface area (Å²) in [5, 5.41) is 0.378. The standard InChI is InChI=1S/C9H6Cl3N3O/c10-9(11,12)8-14-6-4-2-1-3-5(6)7(16)15(8)13/h1-4H,13H2. The van der Waals surface area contributed by atoms with Crippen molar-refractivity contribution >= 4 is 45.7 Å². The highest BCUT2D eigenvalue weighted by Gasteiger charge is 2.29. The van der Waals surface area contributed by atoms with Crippen molar-refractivity contribution in [2.45, 2.75) is 3.79 Å². The van der Waals surface area contributed by atoms with Gasteiger partial charge in [0.15, 0.2) is 5.82 Å². The van der Waals surface area contributed by atoms with E-state index in [2.05, 4.69) is 4.98 Å². The number of hydrogen-bond acceptors (Lipinski definition) is 3. The maximum atomic E-state index is 11.8. The van der Waals surface area contributed by atoms with Crippen molar-refractivity contribution in [3.8, 4) is 0 Å². The van der Waals surface area contributed by atoms with Crippen LogP contribution in [0.3, 0.4) is 0 Å². The number of rotatable bonds is 0. The molecule has 2 N–H and O–H groups in total. The largest absolute Gasteiger partial charge is 0.335 e. The Bertz CT molecular complexity index is 603. The highest BCUT2D eigenvalue weighted by atomic mass is 35.6. The van der Waals surface area contributed by atoms with Gasteiger partial charge in [0.05, 0.1) is 10.9 Å². The SMILES string of the molecule is Nn1c(C(Cl)(Cl)Cl)nc2ccccc2c1=O. The molecule has 0 unspecified atom stereocenters. The zero-order valence-electron chi connectivity index (χ0n) is 7.82. The Kier molecular flexibility index (Phi) is 2.74. The number of nitrogen functional groups attached to an aromatic ring is 1. The van der Waals surface area contributed by atoms with Gasteiger partial charge < -0.3 is 5.84 Å². The number of benzene rings is 1. The fraction of sp³-hybridized carbons (Fsp3) is 0.111. The van der Waals surface area contributed by atoms with Gasteiger partial charge in [0.2, 0.25) is 3.79 Å². The summed E-state index contributed by atoms with van der Waals surface area (Å²) in [4.78, 5) is 15.9. The van der Waals surface area contributed by atoms with Crippen LogP contribution in [0.15, 0.2) is 29.1 Å². The molecule has 4 nitrogen and oxygen atoms in total. The molecule has 0 spiro atoms. The molecule has 0 aliphatic rings. The number of nitrogens with zero attached hydrogens (tertiary/aromatic N) is 2. The summed E-state index contributed by atoms with van der Waals surface area (Å²) in [7, 11) is 0. The van der Waals surface area contributed by atoms with Crippen LogP contribution in [0, 0.1) is 0 Å². The van der Waals surface area contributed by atoms with Gasteiger partial charge in [0.1, 0.15) is 0 Å². The van der Waals surface area contributed by atoms with Gasteiger partial charge in [-0.05, 0) is 12.1 Å². The molecule has 1 aromatic heterocycles. The molecule has 0 radical (unpaired) electrons. The van der Waals surface area contributed by atoms with E-state index < -0.39 is 9.35 Å². The number of para-hydroxylation sites is 1. The van der Waals surface area contributed by atoms with Crippen LogP contribution in [0.5, 0.6) is 0 Å². The number of fused-ring (bicyclic) bond motifs is 1. The molecular weight excluding hydrogens is 272 g/mol.